The number of pyridine rings is 1. The molecule has 5 aromatic rings. The molecule has 0 radical (unpaired) electrons. The van der Waals surface area contributed by atoms with Gasteiger partial charge in [0.25, 0.3) is 5.91 Å². The predicted molar refractivity (Wildman–Crippen MR) is 116 cm³/mol. The quantitative estimate of drug-likeness (QED) is 0.442. The number of aromatic nitrogens is 3. The fourth-order valence-corrected chi connectivity index (χ4v) is 3.51. The number of phenols is 1. The Morgan fingerprint density at radius 2 is 1.71 bits per heavy atom. The minimum Gasteiger partial charge on any atom is -0.508 e. The minimum absolute atomic E-state index is 0.0669. The summed E-state index contributed by atoms with van der Waals surface area (Å²) in [6.45, 7) is 0. The number of carbonyl (C=O) groups is 1. The summed E-state index contributed by atoms with van der Waals surface area (Å²) in [5, 5.41) is 16.7. The van der Waals surface area contributed by atoms with Gasteiger partial charge in [0.2, 0.25) is 0 Å². The summed E-state index contributed by atoms with van der Waals surface area (Å²) in [6.07, 6.45) is 3.48. The minimum atomic E-state index is -0.354. The van der Waals surface area contributed by atoms with Crippen LogP contribution in [0.3, 0.4) is 0 Å². The van der Waals surface area contributed by atoms with Crippen molar-refractivity contribution >= 4 is 17.1 Å². The molecule has 2 N–H and O–H groups in total. The molecule has 31 heavy (non-hydrogen) atoms. The number of halogens is 1. The lowest BCUT2D eigenvalue weighted by atomic mass is 10.1. The maximum atomic E-state index is 13.3. The van der Waals surface area contributed by atoms with Gasteiger partial charge in [-0.2, -0.15) is 5.10 Å². The van der Waals surface area contributed by atoms with Crippen LogP contribution in [0.25, 0.3) is 22.5 Å². The van der Waals surface area contributed by atoms with Gasteiger partial charge in [0, 0.05) is 23.5 Å². The van der Waals surface area contributed by atoms with E-state index in [1.807, 2.05) is 34.9 Å². The van der Waals surface area contributed by atoms with Crippen LogP contribution in [0.2, 0.25) is 0 Å². The van der Waals surface area contributed by atoms with Crippen molar-refractivity contribution in [3.8, 4) is 22.7 Å². The van der Waals surface area contributed by atoms with E-state index in [4.69, 9.17) is 0 Å². The van der Waals surface area contributed by atoms with Crippen molar-refractivity contribution in [2.75, 3.05) is 5.32 Å². The standard InChI is InChI=1S/C24H17FN4O2/c25-18-7-4-16(5-8-18)17-6-9-20-10-11-23(28(20)15-17)29-22(12-13-26-29)24(31)27-19-2-1-3-21(30)14-19/h1-15,30H,(H,27,31). The summed E-state index contributed by atoms with van der Waals surface area (Å²) in [4.78, 5) is 12.9. The molecule has 0 aliphatic rings. The number of nitrogens with one attached hydrogen (secondary N) is 1. The molecule has 6 nitrogen and oxygen atoms in total. The average molecular weight is 412 g/mol. The molecule has 3 aromatic heterocycles. The van der Waals surface area contributed by atoms with Gasteiger partial charge in [0.15, 0.2) is 0 Å². The summed E-state index contributed by atoms with van der Waals surface area (Å²) < 4.78 is 16.8. The third kappa shape index (κ3) is 3.53. The Morgan fingerprint density at radius 3 is 2.52 bits per heavy atom. The molecule has 5 rings (SSSR count). The largest absolute Gasteiger partial charge is 0.508 e. The molecular formula is C24H17FN4O2. The number of phenolic OH excluding ortho intramolecular Hbond substituents is 1. The lowest BCUT2D eigenvalue weighted by molar-refractivity contribution is 0.101. The Bertz CT molecular complexity index is 1400. The Hall–Kier alpha value is -4.39. The second-order valence-electron chi connectivity index (χ2n) is 7.04. The van der Waals surface area contributed by atoms with Gasteiger partial charge in [0.1, 0.15) is 23.1 Å². The molecule has 7 heteroatoms. The van der Waals surface area contributed by atoms with Crippen LogP contribution in [0.4, 0.5) is 10.1 Å². The first-order chi connectivity index (χ1) is 15.1. The molecule has 0 saturated carbocycles. The van der Waals surface area contributed by atoms with E-state index < -0.39 is 0 Å². The maximum Gasteiger partial charge on any atom is 0.274 e. The van der Waals surface area contributed by atoms with Crippen LogP contribution in [0.1, 0.15) is 10.5 Å². The van der Waals surface area contributed by atoms with Crippen molar-refractivity contribution in [1.29, 1.82) is 0 Å². The van der Waals surface area contributed by atoms with Gasteiger partial charge in [0.05, 0.1) is 6.20 Å². The first-order valence-electron chi connectivity index (χ1n) is 9.60. The van der Waals surface area contributed by atoms with Crippen LogP contribution in [0, 0.1) is 5.82 Å². The molecule has 152 valence electrons. The molecule has 2 aromatic carbocycles. The van der Waals surface area contributed by atoms with Crippen LogP contribution >= 0.6 is 0 Å². The van der Waals surface area contributed by atoms with E-state index in [1.54, 1.807) is 41.2 Å². The molecule has 0 saturated heterocycles. The normalized spacial score (nSPS) is 11.0. The summed E-state index contributed by atoms with van der Waals surface area (Å²) in [5.74, 6) is 0.111. The Balaban J connectivity index is 1.53. The van der Waals surface area contributed by atoms with Crippen LogP contribution in [0.15, 0.2) is 91.3 Å². The highest BCUT2D eigenvalue weighted by Crippen LogP contribution is 2.24. The SMILES string of the molecule is O=C(Nc1cccc(O)c1)c1ccnn1-c1ccc2ccc(-c3ccc(F)cc3)cn12. The summed E-state index contributed by atoms with van der Waals surface area (Å²) in [5.41, 5.74) is 3.54. The van der Waals surface area contributed by atoms with Crippen molar-refractivity contribution in [3.63, 3.8) is 0 Å². The number of rotatable bonds is 4. The van der Waals surface area contributed by atoms with Gasteiger partial charge in [-0.15, -0.1) is 0 Å². The number of aromatic hydroxyl groups is 1. The Labute approximate surface area is 176 Å². The zero-order valence-electron chi connectivity index (χ0n) is 16.2. The van der Waals surface area contributed by atoms with Crippen LogP contribution < -0.4 is 5.32 Å². The van der Waals surface area contributed by atoms with Crippen molar-refractivity contribution in [3.05, 3.63) is 103 Å². The van der Waals surface area contributed by atoms with E-state index in [1.165, 1.54) is 24.3 Å². The van der Waals surface area contributed by atoms with Gasteiger partial charge < -0.3 is 14.8 Å². The number of fused-ring (bicyclic) bond motifs is 1. The monoisotopic (exact) mass is 412 g/mol. The van der Waals surface area contributed by atoms with E-state index in [0.29, 0.717) is 17.2 Å². The fourth-order valence-electron chi connectivity index (χ4n) is 3.51. The van der Waals surface area contributed by atoms with Crippen molar-refractivity contribution < 1.29 is 14.3 Å². The lowest BCUT2D eigenvalue weighted by Gasteiger charge is -2.10. The zero-order chi connectivity index (χ0) is 21.4. The highest BCUT2D eigenvalue weighted by Gasteiger charge is 2.16. The van der Waals surface area contributed by atoms with Gasteiger partial charge in [-0.25, -0.2) is 9.07 Å². The molecule has 0 aliphatic carbocycles. The van der Waals surface area contributed by atoms with Crippen molar-refractivity contribution in [1.82, 2.24) is 14.2 Å². The van der Waals surface area contributed by atoms with E-state index in [9.17, 15) is 14.3 Å². The summed E-state index contributed by atoms with van der Waals surface area (Å²) in [6, 6.07) is 22.0. The van der Waals surface area contributed by atoms with E-state index >= 15 is 0 Å². The summed E-state index contributed by atoms with van der Waals surface area (Å²) in [7, 11) is 0. The predicted octanol–water partition coefficient (Wildman–Crippen LogP) is 4.89. The molecule has 0 atom stereocenters. The van der Waals surface area contributed by atoms with E-state index in [0.717, 1.165) is 16.6 Å². The molecule has 0 aliphatic heterocycles. The highest BCUT2D eigenvalue weighted by atomic mass is 19.1. The van der Waals surface area contributed by atoms with Crippen LogP contribution in [-0.2, 0) is 0 Å². The molecular weight excluding hydrogens is 395 g/mol. The highest BCUT2D eigenvalue weighted by molar-refractivity contribution is 6.03. The lowest BCUT2D eigenvalue weighted by Crippen LogP contribution is -2.17. The number of benzene rings is 2. The third-order valence-electron chi connectivity index (χ3n) is 5.00. The van der Waals surface area contributed by atoms with Gasteiger partial charge in [-0.1, -0.05) is 24.3 Å². The number of amides is 1. The number of nitrogens with zero attached hydrogens (tertiary/aromatic N) is 3. The summed E-state index contributed by atoms with van der Waals surface area (Å²) >= 11 is 0. The van der Waals surface area contributed by atoms with Gasteiger partial charge in [-0.3, -0.25) is 4.79 Å². The van der Waals surface area contributed by atoms with E-state index in [2.05, 4.69) is 10.4 Å². The third-order valence-corrected chi connectivity index (χ3v) is 5.00. The van der Waals surface area contributed by atoms with Crippen molar-refractivity contribution in [2.45, 2.75) is 0 Å². The molecule has 0 fully saturated rings. The Kier molecular flexibility index (Phi) is 4.48. The molecule has 0 bridgehead atoms. The average Bonchev–Trinajstić information content (AvgIpc) is 3.40. The van der Waals surface area contributed by atoms with E-state index in [-0.39, 0.29) is 17.5 Å². The molecule has 0 spiro atoms. The van der Waals surface area contributed by atoms with Crippen molar-refractivity contribution in [2.24, 2.45) is 0 Å². The first kappa shape index (κ1) is 18.6. The van der Waals surface area contributed by atoms with Crippen LogP contribution in [0.5, 0.6) is 5.75 Å². The second kappa shape index (κ2) is 7.46. The second-order valence-corrected chi connectivity index (χ2v) is 7.04. The molecule has 1 amide bonds. The van der Waals surface area contributed by atoms with Gasteiger partial charge >= 0.3 is 0 Å². The zero-order valence-corrected chi connectivity index (χ0v) is 16.2. The molecule has 0 unspecified atom stereocenters. The number of hydrogen-bond donors (Lipinski definition) is 2. The molecule has 3 heterocycles. The van der Waals surface area contributed by atoms with Gasteiger partial charge in [-0.05, 0) is 59.7 Å². The Morgan fingerprint density at radius 1 is 0.935 bits per heavy atom. The smallest absolute Gasteiger partial charge is 0.274 e. The van der Waals surface area contributed by atoms with Crippen LogP contribution in [-0.4, -0.2) is 25.2 Å². The number of anilines is 1. The maximum absolute atomic E-state index is 13.3. The fraction of sp³-hybridized carbons (Fsp3) is 0. The topological polar surface area (TPSA) is 71.6 Å². The number of hydrogen-bond acceptors (Lipinski definition) is 3. The first-order valence-corrected chi connectivity index (χ1v) is 9.60. The number of carbonyl (C=O) groups excluding carboxylic acids is 1.